The molecule has 0 fully saturated rings. The molecule has 3 nitrogen and oxygen atoms in total. The first-order valence-corrected chi connectivity index (χ1v) is 5.53. The normalized spacial score (nSPS) is 8.44. The van der Waals surface area contributed by atoms with E-state index in [9.17, 15) is 4.79 Å². The lowest BCUT2D eigenvalue weighted by molar-refractivity contribution is 0.0963. The van der Waals surface area contributed by atoms with Crippen LogP contribution in [0.4, 0.5) is 0 Å². The fourth-order valence-electron chi connectivity index (χ4n) is 1.06. The number of nitrogens with one attached hydrogen (secondary N) is 2. The summed E-state index contributed by atoms with van der Waals surface area (Å²) in [7, 11) is 0. The minimum Gasteiger partial charge on any atom is -0.372 e. The van der Waals surface area contributed by atoms with Crippen molar-refractivity contribution in [1.82, 2.24) is 10.6 Å². The van der Waals surface area contributed by atoms with Crippen LogP contribution >= 0.6 is 0 Å². The molecule has 0 saturated heterocycles. The molecule has 0 saturated carbocycles. The molecule has 0 aromatic heterocycles. The third kappa shape index (κ3) is 5.20. The van der Waals surface area contributed by atoms with Gasteiger partial charge in [0.05, 0.1) is 5.82 Å². The maximum absolute atomic E-state index is 11.5. The van der Waals surface area contributed by atoms with Crippen LogP contribution in [0.2, 0.25) is 0 Å². The fourth-order valence-corrected chi connectivity index (χ4v) is 1.06. The Balaban J connectivity index is 0.00000106. The topological polar surface area (TPSA) is 41.1 Å². The Morgan fingerprint density at radius 3 is 2.31 bits per heavy atom. The SMILES string of the molecule is C=C(NCC)NC(=O)c1ccccc1.CC. The maximum atomic E-state index is 11.5. The predicted molar refractivity (Wildman–Crippen MR) is 68.1 cm³/mol. The first-order chi connectivity index (χ1) is 7.74. The summed E-state index contributed by atoms with van der Waals surface area (Å²) in [6.45, 7) is 10.4. The Bertz CT molecular complexity index is 320. The average Bonchev–Trinajstić information content (AvgIpc) is 2.33. The molecule has 0 aliphatic carbocycles. The Kier molecular flexibility index (Phi) is 7.59. The van der Waals surface area contributed by atoms with Gasteiger partial charge in [0, 0.05) is 12.1 Å². The molecule has 0 unspecified atom stereocenters. The van der Waals surface area contributed by atoms with Crippen molar-refractivity contribution < 1.29 is 4.79 Å². The van der Waals surface area contributed by atoms with Crippen molar-refractivity contribution in [3.05, 3.63) is 48.3 Å². The van der Waals surface area contributed by atoms with Gasteiger partial charge in [0.25, 0.3) is 5.91 Å². The molecular weight excluding hydrogens is 200 g/mol. The molecule has 0 atom stereocenters. The molecule has 1 aromatic carbocycles. The number of hydrogen-bond donors (Lipinski definition) is 2. The standard InChI is InChI=1S/C11H14N2O.C2H6/c1-3-12-9(2)13-11(14)10-7-5-4-6-8-10;1-2/h4-8,12H,2-3H2,1H3,(H,13,14);1-2H3. The van der Waals surface area contributed by atoms with Crippen LogP contribution in [0.1, 0.15) is 31.1 Å². The van der Waals surface area contributed by atoms with Crippen LogP contribution in [-0.2, 0) is 0 Å². The van der Waals surface area contributed by atoms with Crippen molar-refractivity contribution in [2.24, 2.45) is 0 Å². The summed E-state index contributed by atoms with van der Waals surface area (Å²) < 4.78 is 0. The fraction of sp³-hybridized carbons (Fsp3) is 0.308. The lowest BCUT2D eigenvalue weighted by Gasteiger charge is -2.08. The monoisotopic (exact) mass is 220 g/mol. The van der Waals surface area contributed by atoms with Crippen LogP contribution in [0.25, 0.3) is 0 Å². The Morgan fingerprint density at radius 2 is 1.81 bits per heavy atom. The van der Waals surface area contributed by atoms with E-state index in [0.717, 1.165) is 6.54 Å². The Labute approximate surface area is 97.6 Å². The third-order valence-corrected chi connectivity index (χ3v) is 1.69. The minimum absolute atomic E-state index is 0.142. The molecular formula is C13H20N2O. The van der Waals surface area contributed by atoms with Gasteiger partial charge >= 0.3 is 0 Å². The molecule has 0 aliphatic rings. The maximum Gasteiger partial charge on any atom is 0.256 e. The molecule has 16 heavy (non-hydrogen) atoms. The lowest BCUT2D eigenvalue weighted by atomic mass is 10.2. The Morgan fingerprint density at radius 1 is 1.25 bits per heavy atom. The second kappa shape index (κ2) is 8.53. The van der Waals surface area contributed by atoms with Crippen molar-refractivity contribution in [1.29, 1.82) is 0 Å². The zero-order chi connectivity index (χ0) is 12.4. The van der Waals surface area contributed by atoms with Gasteiger partial charge in [0.15, 0.2) is 0 Å². The summed E-state index contributed by atoms with van der Waals surface area (Å²) in [5, 5.41) is 5.57. The van der Waals surface area contributed by atoms with E-state index in [4.69, 9.17) is 0 Å². The minimum atomic E-state index is -0.142. The first kappa shape index (κ1) is 14.2. The second-order valence-electron chi connectivity index (χ2n) is 2.83. The van der Waals surface area contributed by atoms with Gasteiger partial charge in [0.2, 0.25) is 0 Å². The molecule has 3 heteroatoms. The van der Waals surface area contributed by atoms with E-state index in [1.165, 1.54) is 0 Å². The van der Waals surface area contributed by atoms with Crippen LogP contribution in [-0.4, -0.2) is 12.5 Å². The van der Waals surface area contributed by atoms with Crippen LogP contribution in [0.5, 0.6) is 0 Å². The third-order valence-electron chi connectivity index (χ3n) is 1.69. The number of hydrogen-bond acceptors (Lipinski definition) is 2. The number of carbonyl (C=O) groups is 1. The van der Waals surface area contributed by atoms with Gasteiger partial charge in [-0.3, -0.25) is 4.79 Å². The molecule has 1 amide bonds. The number of amides is 1. The van der Waals surface area contributed by atoms with E-state index >= 15 is 0 Å². The number of rotatable bonds is 4. The van der Waals surface area contributed by atoms with Gasteiger partial charge in [-0.1, -0.05) is 38.6 Å². The predicted octanol–water partition coefficient (Wildman–Crippen LogP) is 2.52. The van der Waals surface area contributed by atoms with Crippen LogP contribution < -0.4 is 10.6 Å². The summed E-state index contributed by atoms with van der Waals surface area (Å²) in [5.74, 6) is 0.387. The molecule has 0 spiro atoms. The van der Waals surface area contributed by atoms with E-state index in [0.29, 0.717) is 11.4 Å². The smallest absolute Gasteiger partial charge is 0.256 e. The molecule has 0 radical (unpaired) electrons. The van der Waals surface area contributed by atoms with Crippen molar-refractivity contribution in [2.75, 3.05) is 6.54 Å². The zero-order valence-electron chi connectivity index (χ0n) is 10.2. The second-order valence-corrected chi connectivity index (χ2v) is 2.83. The van der Waals surface area contributed by atoms with E-state index in [1.807, 2.05) is 39.0 Å². The van der Waals surface area contributed by atoms with Crippen molar-refractivity contribution in [3.63, 3.8) is 0 Å². The summed E-state index contributed by atoms with van der Waals surface area (Å²) in [5.41, 5.74) is 0.631. The van der Waals surface area contributed by atoms with E-state index in [-0.39, 0.29) is 5.91 Å². The molecule has 1 rings (SSSR count). The van der Waals surface area contributed by atoms with Crippen LogP contribution in [0, 0.1) is 0 Å². The molecule has 1 aromatic rings. The summed E-state index contributed by atoms with van der Waals surface area (Å²) in [6.07, 6.45) is 0. The highest BCUT2D eigenvalue weighted by Crippen LogP contribution is 1.98. The molecule has 88 valence electrons. The summed E-state index contributed by atoms with van der Waals surface area (Å²) in [4.78, 5) is 11.5. The van der Waals surface area contributed by atoms with Crippen molar-refractivity contribution in [2.45, 2.75) is 20.8 Å². The van der Waals surface area contributed by atoms with Gasteiger partial charge in [-0.2, -0.15) is 0 Å². The van der Waals surface area contributed by atoms with Crippen LogP contribution in [0.3, 0.4) is 0 Å². The van der Waals surface area contributed by atoms with Gasteiger partial charge in [-0.05, 0) is 19.1 Å². The van der Waals surface area contributed by atoms with Crippen molar-refractivity contribution in [3.8, 4) is 0 Å². The highest BCUT2D eigenvalue weighted by molar-refractivity contribution is 5.95. The number of carbonyl (C=O) groups excluding carboxylic acids is 1. The zero-order valence-corrected chi connectivity index (χ0v) is 10.2. The van der Waals surface area contributed by atoms with E-state index in [2.05, 4.69) is 17.2 Å². The van der Waals surface area contributed by atoms with Crippen molar-refractivity contribution >= 4 is 5.91 Å². The molecule has 0 aliphatic heterocycles. The average molecular weight is 220 g/mol. The molecule has 2 N–H and O–H groups in total. The van der Waals surface area contributed by atoms with Crippen LogP contribution in [0.15, 0.2) is 42.7 Å². The molecule has 0 bridgehead atoms. The lowest BCUT2D eigenvalue weighted by Crippen LogP contribution is -2.30. The van der Waals surface area contributed by atoms with Gasteiger partial charge in [-0.15, -0.1) is 0 Å². The largest absolute Gasteiger partial charge is 0.372 e. The molecule has 0 heterocycles. The quantitative estimate of drug-likeness (QED) is 0.818. The summed E-state index contributed by atoms with van der Waals surface area (Å²) >= 11 is 0. The first-order valence-electron chi connectivity index (χ1n) is 5.53. The number of benzene rings is 1. The van der Waals surface area contributed by atoms with Gasteiger partial charge in [-0.25, -0.2) is 0 Å². The highest BCUT2D eigenvalue weighted by atomic mass is 16.1. The van der Waals surface area contributed by atoms with Gasteiger partial charge < -0.3 is 10.6 Å². The van der Waals surface area contributed by atoms with Gasteiger partial charge in [0.1, 0.15) is 0 Å². The van der Waals surface area contributed by atoms with E-state index in [1.54, 1.807) is 12.1 Å². The Hall–Kier alpha value is -1.77. The summed E-state index contributed by atoms with van der Waals surface area (Å²) in [6, 6.07) is 9.04. The van der Waals surface area contributed by atoms with E-state index < -0.39 is 0 Å². The highest BCUT2D eigenvalue weighted by Gasteiger charge is 2.03.